The van der Waals surface area contributed by atoms with Gasteiger partial charge in [-0.1, -0.05) is 6.07 Å². The third-order valence-corrected chi connectivity index (χ3v) is 3.01. The van der Waals surface area contributed by atoms with E-state index < -0.39 is 0 Å². The Labute approximate surface area is 118 Å². The van der Waals surface area contributed by atoms with Gasteiger partial charge in [0, 0.05) is 15.8 Å². The highest BCUT2D eigenvalue weighted by molar-refractivity contribution is 14.1. The average molecular weight is 355 g/mol. The number of nitro benzene ring substituents is 1. The Kier molecular flexibility index (Phi) is 4.08. The molecule has 2 aromatic rings. The van der Waals surface area contributed by atoms with Gasteiger partial charge in [-0.2, -0.15) is 0 Å². The zero-order valence-electron chi connectivity index (χ0n) is 9.34. The van der Waals surface area contributed by atoms with Crippen molar-refractivity contribution in [2.24, 2.45) is 0 Å². The Hall–Kier alpha value is -1.70. The van der Waals surface area contributed by atoms with E-state index in [2.05, 4.69) is 32.9 Å². The summed E-state index contributed by atoms with van der Waals surface area (Å²) in [4.78, 5) is 14.7. The Morgan fingerprint density at radius 2 is 2.17 bits per heavy atom. The van der Waals surface area contributed by atoms with E-state index in [1.54, 1.807) is 18.3 Å². The van der Waals surface area contributed by atoms with Gasteiger partial charge < -0.3 is 5.32 Å². The van der Waals surface area contributed by atoms with Crippen molar-refractivity contribution < 1.29 is 4.92 Å². The van der Waals surface area contributed by atoms with Crippen LogP contribution in [0.3, 0.4) is 0 Å². The fourth-order valence-electron chi connectivity index (χ4n) is 1.49. The summed E-state index contributed by atoms with van der Waals surface area (Å²) in [5.74, 6) is 0. The van der Waals surface area contributed by atoms with E-state index in [1.165, 1.54) is 0 Å². The number of pyridine rings is 1. The molecule has 0 atom stereocenters. The maximum atomic E-state index is 10.9. The number of nitrogens with zero attached hydrogens (tertiary/aromatic N) is 2. The highest BCUT2D eigenvalue weighted by Gasteiger charge is 2.13. The normalized spacial score (nSPS) is 10.1. The molecule has 1 aromatic carbocycles. The molecule has 1 N–H and O–H groups in total. The van der Waals surface area contributed by atoms with Crippen molar-refractivity contribution in [1.82, 2.24) is 4.98 Å². The molecule has 0 saturated carbocycles. The number of aromatic nitrogens is 1. The Bertz CT molecular complexity index is 561. The average Bonchev–Trinajstić information content (AvgIpc) is 2.38. The minimum Gasteiger partial charge on any atom is -0.374 e. The SMILES string of the molecule is O=[N+]([O-])c1cc(I)ccc1NCc1ccccn1. The predicted octanol–water partition coefficient (Wildman–Crippen LogP) is 3.21. The molecule has 1 aromatic heterocycles. The summed E-state index contributed by atoms with van der Waals surface area (Å²) in [5, 5.41) is 14.0. The van der Waals surface area contributed by atoms with Crippen LogP contribution in [0.15, 0.2) is 42.6 Å². The molecular formula is C12H10IN3O2. The lowest BCUT2D eigenvalue weighted by Crippen LogP contribution is -2.04. The molecule has 0 fully saturated rings. The molecule has 6 heteroatoms. The number of halogens is 1. The largest absolute Gasteiger partial charge is 0.374 e. The number of rotatable bonds is 4. The van der Waals surface area contributed by atoms with Gasteiger partial charge in [0.05, 0.1) is 17.2 Å². The van der Waals surface area contributed by atoms with Crippen LogP contribution in [0.4, 0.5) is 11.4 Å². The van der Waals surface area contributed by atoms with Gasteiger partial charge in [-0.25, -0.2) is 0 Å². The van der Waals surface area contributed by atoms with Gasteiger partial charge in [0.2, 0.25) is 0 Å². The van der Waals surface area contributed by atoms with Crippen LogP contribution in [0.2, 0.25) is 0 Å². The molecule has 0 aliphatic heterocycles. The summed E-state index contributed by atoms with van der Waals surface area (Å²) < 4.78 is 0.836. The van der Waals surface area contributed by atoms with Gasteiger partial charge in [-0.15, -0.1) is 0 Å². The van der Waals surface area contributed by atoms with E-state index in [1.807, 2.05) is 24.3 Å². The Morgan fingerprint density at radius 3 is 2.83 bits per heavy atom. The van der Waals surface area contributed by atoms with E-state index in [9.17, 15) is 10.1 Å². The van der Waals surface area contributed by atoms with Gasteiger partial charge in [-0.05, 0) is 46.9 Å². The maximum absolute atomic E-state index is 10.9. The first kappa shape index (κ1) is 12.7. The summed E-state index contributed by atoms with van der Waals surface area (Å²) >= 11 is 2.05. The first-order valence-electron chi connectivity index (χ1n) is 5.24. The zero-order chi connectivity index (χ0) is 13.0. The number of hydrogen-bond acceptors (Lipinski definition) is 4. The lowest BCUT2D eigenvalue weighted by Gasteiger charge is -2.06. The van der Waals surface area contributed by atoms with Gasteiger partial charge in [-0.3, -0.25) is 15.1 Å². The maximum Gasteiger partial charge on any atom is 0.293 e. The molecule has 0 saturated heterocycles. The van der Waals surface area contributed by atoms with E-state index in [-0.39, 0.29) is 10.6 Å². The summed E-state index contributed by atoms with van der Waals surface area (Å²) in [6.07, 6.45) is 1.69. The van der Waals surface area contributed by atoms with Crippen molar-refractivity contribution in [2.45, 2.75) is 6.54 Å². The minimum absolute atomic E-state index is 0.0813. The van der Waals surface area contributed by atoms with Crippen molar-refractivity contribution in [3.05, 3.63) is 62.0 Å². The second-order valence-electron chi connectivity index (χ2n) is 3.59. The van der Waals surface area contributed by atoms with Crippen molar-refractivity contribution in [3.8, 4) is 0 Å². The highest BCUT2D eigenvalue weighted by Crippen LogP contribution is 2.26. The van der Waals surface area contributed by atoms with Crippen molar-refractivity contribution in [1.29, 1.82) is 0 Å². The number of hydrogen-bond donors (Lipinski definition) is 1. The molecule has 0 radical (unpaired) electrons. The smallest absolute Gasteiger partial charge is 0.293 e. The predicted molar refractivity (Wildman–Crippen MR) is 77.4 cm³/mol. The monoisotopic (exact) mass is 355 g/mol. The molecule has 0 spiro atoms. The van der Waals surface area contributed by atoms with E-state index in [0.717, 1.165) is 9.26 Å². The third kappa shape index (κ3) is 3.16. The van der Waals surface area contributed by atoms with Crippen LogP contribution in [0, 0.1) is 13.7 Å². The fourth-order valence-corrected chi connectivity index (χ4v) is 1.97. The molecule has 0 aliphatic rings. The number of nitro groups is 1. The lowest BCUT2D eigenvalue weighted by atomic mass is 10.2. The highest BCUT2D eigenvalue weighted by atomic mass is 127. The van der Waals surface area contributed by atoms with E-state index >= 15 is 0 Å². The molecule has 0 amide bonds. The van der Waals surface area contributed by atoms with Crippen LogP contribution >= 0.6 is 22.6 Å². The van der Waals surface area contributed by atoms with Crippen molar-refractivity contribution in [3.63, 3.8) is 0 Å². The van der Waals surface area contributed by atoms with E-state index in [0.29, 0.717) is 12.2 Å². The van der Waals surface area contributed by atoms with Crippen LogP contribution in [-0.2, 0) is 6.54 Å². The topological polar surface area (TPSA) is 68.1 Å². The first-order chi connectivity index (χ1) is 8.66. The summed E-state index contributed by atoms with van der Waals surface area (Å²) in [7, 11) is 0. The number of nitrogens with one attached hydrogen (secondary N) is 1. The Morgan fingerprint density at radius 1 is 1.33 bits per heavy atom. The third-order valence-electron chi connectivity index (χ3n) is 2.34. The molecule has 0 aliphatic carbocycles. The molecule has 1 heterocycles. The molecule has 0 bridgehead atoms. The standard InChI is InChI=1S/C12H10IN3O2/c13-9-4-5-11(12(7-9)16(17)18)15-8-10-3-1-2-6-14-10/h1-7,15H,8H2. The van der Waals surface area contributed by atoms with Gasteiger partial charge >= 0.3 is 0 Å². The second kappa shape index (κ2) is 5.76. The van der Waals surface area contributed by atoms with Gasteiger partial charge in [0.25, 0.3) is 5.69 Å². The van der Waals surface area contributed by atoms with Crippen molar-refractivity contribution >= 4 is 34.0 Å². The van der Waals surface area contributed by atoms with Gasteiger partial charge in [0.15, 0.2) is 0 Å². The summed E-state index contributed by atoms with van der Waals surface area (Å²) in [6.45, 7) is 0.461. The van der Waals surface area contributed by atoms with Crippen LogP contribution in [0.25, 0.3) is 0 Å². The van der Waals surface area contributed by atoms with Crippen LogP contribution < -0.4 is 5.32 Å². The molecular weight excluding hydrogens is 345 g/mol. The summed E-state index contributed by atoms with van der Waals surface area (Å²) in [5.41, 5.74) is 1.43. The molecule has 0 unspecified atom stereocenters. The molecule has 92 valence electrons. The first-order valence-corrected chi connectivity index (χ1v) is 6.32. The minimum atomic E-state index is -0.386. The molecule has 5 nitrogen and oxygen atoms in total. The van der Waals surface area contributed by atoms with E-state index in [4.69, 9.17) is 0 Å². The van der Waals surface area contributed by atoms with Crippen LogP contribution in [0.1, 0.15) is 5.69 Å². The van der Waals surface area contributed by atoms with Crippen molar-refractivity contribution in [2.75, 3.05) is 5.32 Å². The quantitative estimate of drug-likeness (QED) is 0.520. The van der Waals surface area contributed by atoms with Crippen LogP contribution in [0.5, 0.6) is 0 Å². The molecule has 18 heavy (non-hydrogen) atoms. The zero-order valence-corrected chi connectivity index (χ0v) is 11.5. The Balaban J connectivity index is 2.17. The number of anilines is 1. The fraction of sp³-hybridized carbons (Fsp3) is 0.0833. The summed E-state index contributed by atoms with van der Waals surface area (Å²) in [6, 6.07) is 10.7. The number of benzene rings is 1. The lowest BCUT2D eigenvalue weighted by molar-refractivity contribution is -0.384. The van der Waals surface area contributed by atoms with Gasteiger partial charge in [0.1, 0.15) is 5.69 Å². The van der Waals surface area contributed by atoms with Crippen LogP contribution in [-0.4, -0.2) is 9.91 Å². The second-order valence-corrected chi connectivity index (χ2v) is 4.84. The molecule has 2 rings (SSSR count).